The van der Waals surface area contributed by atoms with Crippen molar-refractivity contribution in [3.05, 3.63) is 66.0 Å². The summed E-state index contributed by atoms with van der Waals surface area (Å²) in [6, 6.07) is 13.4. The fourth-order valence-electron chi connectivity index (χ4n) is 3.59. The van der Waals surface area contributed by atoms with E-state index in [0.29, 0.717) is 5.56 Å². The predicted octanol–water partition coefficient (Wildman–Crippen LogP) is 2.27. The first-order valence-corrected chi connectivity index (χ1v) is 9.86. The van der Waals surface area contributed by atoms with E-state index in [0.717, 1.165) is 0 Å². The Kier molecular flexibility index (Phi) is 4.86. The molecule has 2 aromatic carbocycles. The minimum atomic E-state index is -3.83. The lowest BCUT2D eigenvalue weighted by atomic mass is 9.99. The van der Waals surface area contributed by atoms with Crippen LogP contribution in [-0.2, 0) is 19.4 Å². The first-order valence-electron chi connectivity index (χ1n) is 8.31. The van der Waals surface area contributed by atoms with Gasteiger partial charge in [-0.2, -0.15) is 0 Å². The number of ether oxygens (including phenoxy) is 1. The molecule has 0 aliphatic heterocycles. The summed E-state index contributed by atoms with van der Waals surface area (Å²) in [6.07, 6.45) is 0. The third-order valence-electron chi connectivity index (χ3n) is 4.88. The SMILES string of the molecule is CCOC(=O)[C@@]1(CN)[C@H](S(=O)(=O)c2ccccc2)[C@@H]1c1ccc(F)cc1. The largest absolute Gasteiger partial charge is 0.465 e. The maximum atomic E-state index is 13.3. The zero-order chi connectivity index (χ0) is 18.9. The lowest BCUT2D eigenvalue weighted by Crippen LogP contribution is -2.33. The van der Waals surface area contributed by atoms with E-state index in [9.17, 15) is 17.6 Å². The molecule has 0 unspecified atom stereocenters. The van der Waals surface area contributed by atoms with Crippen LogP contribution < -0.4 is 5.73 Å². The lowest BCUT2D eigenvalue weighted by molar-refractivity contribution is -0.149. The first-order chi connectivity index (χ1) is 12.4. The number of nitrogens with two attached hydrogens (primary N) is 1. The van der Waals surface area contributed by atoms with Crippen molar-refractivity contribution in [2.75, 3.05) is 13.2 Å². The highest BCUT2D eigenvalue weighted by atomic mass is 32.2. The van der Waals surface area contributed by atoms with Gasteiger partial charge in [0.05, 0.1) is 16.8 Å². The fourth-order valence-corrected chi connectivity index (χ4v) is 6.00. The second-order valence-corrected chi connectivity index (χ2v) is 8.34. The van der Waals surface area contributed by atoms with Crippen LogP contribution in [0, 0.1) is 11.2 Å². The Hall–Kier alpha value is -2.25. The molecule has 0 bridgehead atoms. The highest BCUT2D eigenvalue weighted by Gasteiger charge is 2.75. The molecule has 3 rings (SSSR count). The minimum absolute atomic E-state index is 0.120. The van der Waals surface area contributed by atoms with Crippen molar-refractivity contribution in [2.24, 2.45) is 11.1 Å². The van der Waals surface area contributed by atoms with Crippen molar-refractivity contribution in [3.8, 4) is 0 Å². The zero-order valence-electron chi connectivity index (χ0n) is 14.3. The van der Waals surface area contributed by atoms with E-state index in [1.54, 1.807) is 25.1 Å². The molecule has 0 spiro atoms. The minimum Gasteiger partial charge on any atom is -0.465 e. The van der Waals surface area contributed by atoms with E-state index in [2.05, 4.69) is 0 Å². The number of esters is 1. The quantitative estimate of drug-likeness (QED) is 0.781. The van der Waals surface area contributed by atoms with Crippen LogP contribution >= 0.6 is 0 Å². The van der Waals surface area contributed by atoms with E-state index in [4.69, 9.17) is 10.5 Å². The third kappa shape index (κ3) is 2.81. The van der Waals surface area contributed by atoms with Gasteiger partial charge >= 0.3 is 5.97 Å². The Morgan fingerprint density at radius 1 is 1.15 bits per heavy atom. The summed E-state index contributed by atoms with van der Waals surface area (Å²) in [5.74, 6) is -1.76. The van der Waals surface area contributed by atoms with Gasteiger partial charge in [0.15, 0.2) is 9.84 Å². The van der Waals surface area contributed by atoms with E-state index < -0.39 is 38.2 Å². The first kappa shape index (κ1) is 18.5. The van der Waals surface area contributed by atoms with Gasteiger partial charge in [0.2, 0.25) is 0 Å². The number of benzene rings is 2. The Labute approximate surface area is 151 Å². The lowest BCUT2D eigenvalue weighted by Gasteiger charge is -2.14. The number of rotatable bonds is 6. The van der Waals surface area contributed by atoms with E-state index >= 15 is 0 Å². The molecule has 2 aromatic rings. The van der Waals surface area contributed by atoms with Crippen LogP contribution in [0.5, 0.6) is 0 Å². The molecule has 1 aliphatic carbocycles. The predicted molar refractivity (Wildman–Crippen MR) is 94.7 cm³/mol. The van der Waals surface area contributed by atoms with E-state index in [-0.39, 0.29) is 18.0 Å². The molecular formula is C19H20FNO4S. The summed E-state index contributed by atoms with van der Waals surface area (Å²) in [7, 11) is -3.83. The standard InChI is InChI=1S/C19H20FNO4S/c1-2-25-18(22)19(12-21)16(13-8-10-14(20)11-9-13)17(19)26(23,24)15-6-4-3-5-7-15/h3-11,16-17H,2,12,21H2,1H3/t16-,17+,19+/m0/s1. The molecule has 0 amide bonds. The van der Waals surface area contributed by atoms with Crippen LogP contribution in [0.2, 0.25) is 0 Å². The Morgan fingerprint density at radius 2 is 1.77 bits per heavy atom. The summed E-state index contributed by atoms with van der Waals surface area (Å²) in [6.45, 7) is 1.59. The fraction of sp³-hybridized carbons (Fsp3) is 0.316. The summed E-state index contributed by atoms with van der Waals surface area (Å²) >= 11 is 0. The van der Waals surface area contributed by atoms with Crippen molar-refractivity contribution in [3.63, 3.8) is 0 Å². The van der Waals surface area contributed by atoms with Crippen LogP contribution in [0.1, 0.15) is 18.4 Å². The van der Waals surface area contributed by atoms with Crippen LogP contribution in [0.3, 0.4) is 0 Å². The van der Waals surface area contributed by atoms with Gasteiger partial charge in [-0.3, -0.25) is 4.79 Å². The number of carbonyl (C=O) groups excluding carboxylic acids is 1. The van der Waals surface area contributed by atoms with Crippen molar-refractivity contribution in [1.82, 2.24) is 0 Å². The van der Waals surface area contributed by atoms with Gasteiger partial charge in [-0.05, 0) is 36.8 Å². The van der Waals surface area contributed by atoms with E-state index in [1.807, 2.05) is 0 Å². The van der Waals surface area contributed by atoms with Crippen LogP contribution in [0.25, 0.3) is 0 Å². The molecule has 0 radical (unpaired) electrons. The number of sulfone groups is 1. The maximum Gasteiger partial charge on any atom is 0.315 e. The van der Waals surface area contributed by atoms with Gasteiger partial charge in [0.1, 0.15) is 11.2 Å². The Morgan fingerprint density at radius 3 is 2.31 bits per heavy atom. The molecule has 5 nitrogen and oxygen atoms in total. The summed E-state index contributed by atoms with van der Waals surface area (Å²) < 4.78 is 44.8. The molecule has 0 aromatic heterocycles. The van der Waals surface area contributed by atoms with Gasteiger partial charge in [0, 0.05) is 12.5 Å². The van der Waals surface area contributed by atoms with Crippen molar-refractivity contribution in [1.29, 1.82) is 0 Å². The molecule has 1 fully saturated rings. The molecule has 138 valence electrons. The zero-order valence-corrected chi connectivity index (χ0v) is 15.1. The Bertz CT molecular complexity index is 899. The third-order valence-corrected chi connectivity index (χ3v) is 7.18. The average molecular weight is 377 g/mol. The molecule has 7 heteroatoms. The molecule has 26 heavy (non-hydrogen) atoms. The van der Waals surface area contributed by atoms with Gasteiger partial charge < -0.3 is 10.5 Å². The Balaban J connectivity index is 2.11. The summed E-state index contributed by atoms with van der Waals surface area (Å²) in [4.78, 5) is 12.8. The maximum absolute atomic E-state index is 13.3. The molecule has 1 saturated carbocycles. The molecule has 2 N–H and O–H groups in total. The topological polar surface area (TPSA) is 86.5 Å². The molecule has 0 heterocycles. The van der Waals surface area contributed by atoms with Crippen LogP contribution in [0.4, 0.5) is 4.39 Å². The van der Waals surface area contributed by atoms with Crippen molar-refractivity contribution in [2.45, 2.75) is 23.0 Å². The van der Waals surface area contributed by atoms with Crippen LogP contribution in [-0.4, -0.2) is 32.8 Å². The van der Waals surface area contributed by atoms with E-state index in [1.165, 1.54) is 36.4 Å². The van der Waals surface area contributed by atoms with Crippen LogP contribution in [0.15, 0.2) is 59.5 Å². The molecule has 1 aliphatic rings. The van der Waals surface area contributed by atoms with Crippen molar-refractivity contribution >= 4 is 15.8 Å². The highest BCUT2D eigenvalue weighted by molar-refractivity contribution is 7.92. The number of hydrogen-bond acceptors (Lipinski definition) is 5. The van der Waals surface area contributed by atoms with Gasteiger partial charge in [-0.25, -0.2) is 12.8 Å². The smallest absolute Gasteiger partial charge is 0.315 e. The second kappa shape index (κ2) is 6.81. The average Bonchev–Trinajstić information content (AvgIpc) is 3.35. The number of carbonyl (C=O) groups is 1. The monoisotopic (exact) mass is 377 g/mol. The van der Waals surface area contributed by atoms with Gasteiger partial charge in [-0.1, -0.05) is 30.3 Å². The summed E-state index contributed by atoms with van der Waals surface area (Å²) in [5, 5.41) is -1.05. The molecule has 0 saturated heterocycles. The number of halogens is 1. The second-order valence-electron chi connectivity index (χ2n) is 6.27. The number of hydrogen-bond donors (Lipinski definition) is 1. The normalized spacial score (nSPS) is 24.9. The summed E-state index contributed by atoms with van der Waals surface area (Å²) in [5.41, 5.74) is 5.06. The van der Waals surface area contributed by atoms with Gasteiger partial charge in [-0.15, -0.1) is 0 Å². The van der Waals surface area contributed by atoms with Crippen molar-refractivity contribution < 1.29 is 22.3 Å². The molecule has 3 atom stereocenters. The molecular weight excluding hydrogens is 357 g/mol. The highest BCUT2D eigenvalue weighted by Crippen LogP contribution is 2.64. The van der Waals surface area contributed by atoms with Gasteiger partial charge in [0.25, 0.3) is 0 Å².